The molecule has 88 valence electrons. The van der Waals surface area contributed by atoms with Gasteiger partial charge in [-0.15, -0.1) is 12.4 Å². The summed E-state index contributed by atoms with van der Waals surface area (Å²) in [7, 11) is 0. The van der Waals surface area contributed by atoms with Crippen molar-refractivity contribution in [2.75, 3.05) is 13.1 Å². The third-order valence-electron chi connectivity index (χ3n) is 3.36. The van der Waals surface area contributed by atoms with Crippen molar-refractivity contribution >= 4 is 18.3 Å². The van der Waals surface area contributed by atoms with Gasteiger partial charge < -0.3 is 10.6 Å². The van der Waals surface area contributed by atoms with Crippen LogP contribution in [0.5, 0.6) is 0 Å². The van der Waals surface area contributed by atoms with Gasteiger partial charge in [-0.1, -0.05) is 12.8 Å². The van der Waals surface area contributed by atoms with E-state index in [-0.39, 0.29) is 18.3 Å². The lowest BCUT2D eigenvalue weighted by Crippen LogP contribution is -2.34. The molecule has 0 unspecified atom stereocenters. The van der Waals surface area contributed by atoms with Crippen molar-refractivity contribution in [2.45, 2.75) is 44.6 Å². The number of rotatable bonds is 3. The van der Waals surface area contributed by atoms with Crippen LogP contribution >= 0.6 is 12.4 Å². The average Bonchev–Trinajstić information content (AvgIpc) is 2.76. The third kappa shape index (κ3) is 3.99. The number of nitrogens with one attached hydrogen (secondary N) is 2. The summed E-state index contributed by atoms with van der Waals surface area (Å²) in [6.45, 7) is 2.11. The summed E-state index contributed by atoms with van der Waals surface area (Å²) in [4.78, 5) is 11.6. The van der Waals surface area contributed by atoms with E-state index in [1.54, 1.807) is 0 Å². The molecule has 2 N–H and O–H groups in total. The van der Waals surface area contributed by atoms with Gasteiger partial charge in [0.05, 0.1) is 0 Å². The van der Waals surface area contributed by atoms with Crippen molar-refractivity contribution in [1.29, 1.82) is 0 Å². The maximum Gasteiger partial charge on any atom is 0.220 e. The normalized spacial score (nSPS) is 26.3. The van der Waals surface area contributed by atoms with Crippen molar-refractivity contribution in [2.24, 2.45) is 5.92 Å². The summed E-state index contributed by atoms with van der Waals surface area (Å²) in [5.41, 5.74) is 0. The Morgan fingerprint density at radius 1 is 1.27 bits per heavy atom. The second-order valence-electron chi connectivity index (χ2n) is 4.61. The highest BCUT2D eigenvalue weighted by Gasteiger charge is 2.21. The molecule has 1 heterocycles. The smallest absolute Gasteiger partial charge is 0.220 e. The summed E-state index contributed by atoms with van der Waals surface area (Å²) in [6, 6.07) is 0.483. The van der Waals surface area contributed by atoms with Crippen molar-refractivity contribution in [3.05, 3.63) is 0 Å². The van der Waals surface area contributed by atoms with Crippen LogP contribution in [0.4, 0.5) is 0 Å². The highest BCUT2D eigenvalue weighted by Crippen LogP contribution is 2.18. The predicted molar refractivity (Wildman–Crippen MR) is 63.2 cm³/mol. The summed E-state index contributed by atoms with van der Waals surface area (Å²) < 4.78 is 0. The minimum Gasteiger partial charge on any atom is -0.353 e. The molecule has 1 aliphatic carbocycles. The number of carbonyl (C=O) groups excluding carboxylic acids is 1. The molecule has 1 saturated carbocycles. The van der Waals surface area contributed by atoms with Crippen molar-refractivity contribution in [1.82, 2.24) is 10.6 Å². The van der Waals surface area contributed by atoms with E-state index in [0.29, 0.717) is 12.0 Å². The Bertz CT molecular complexity index is 179. The van der Waals surface area contributed by atoms with Crippen LogP contribution in [0.2, 0.25) is 0 Å². The molecule has 0 spiro atoms. The minimum absolute atomic E-state index is 0. The van der Waals surface area contributed by atoms with Crippen molar-refractivity contribution in [3.8, 4) is 0 Å². The zero-order valence-electron chi connectivity index (χ0n) is 9.13. The highest BCUT2D eigenvalue weighted by molar-refractivity contribution is 5.85. The van der Waals surface area contributed by atoms with E-state index in [1.165, 1.54) is 25.7 Å². The second kappa shape index (κ2) is 6.33. The largest absolute Gasteiger partial charge is 0.353 e. The fourth-order valence-electron chi connectivity index (χ4n) is 2.51. The van der Waals surface area contributed by atoms with E-state index in [2.05, 4.69) is 10.6 Å². The van der Waals surface area contributed by atoms with Crippen LogP contribution in [0, 0.1) is 5.92 Å². The first-order valence-corrected chi connectivity index (χ1v) is 5.84. The molecule has 1 amide bonds. The maximum absolute atomic E-state index is 11.6. The van der Waals surface area contributed by atoms with E-state index < -0.39 is 0 Å². The molecule has 0 radical (unpaired) electrons. The lowest BCUT2D eigenvalue weighted by atomic mass is 10.0. The van der Waals surface area contributed by atoms with E-state index in [9.17, 15) is 4.79 Å². The van der Waals surface area contributed by atoms with Gasteiger partial charge in [0.2, 0.25) is 5.91 Å². The standard InChI is InChI=1S/C11H20N2O.ClH/c14-11(7-9-5-6-12-8-9)13-10-3-1-2-4-10;/h9-10,12H,1-8H2,(H,13,14);1H/t9-;/m0./s1. The second-order valence-corrected chi connectivity index (χ2v) is 4.61. The van der Waals surface area contributed by atoms with Crippen LogP contribution in [-0.2, 0) is 4.79 Å². The molecular weight excluding hydrogens is 212 g/mol. The zero-order valence-corrected chi connectivity index (χ0v) is 9.94. The molecule has 0 aromatic rings. The van der Waals surface area contributed by atoms with E-state index in [1.807, 2.05) is 0 Å². The Morgan fingerprint density at radius 2 is 2.00 bits per heavy atom. The van der Waals surface area contributed by atoms with Crippen molar-refractivity contribution < 1.29 is 4.79 Å². The monoisotopic (exact) mass is 232 g/mol. The molecule has 0 aromatic heterocycles. The Hall–Kier alpha value is -0.280. The summed E-state index contributed by atoms with van der Waals surface area (Å²) in [5.74, 6) is 0.849. The Morgan fingerprint density at radius 3 is 2.60 bits per heavy atom. The number of amides is 1. The number of hydrogen-bond acceptors (Lipinski definition) is 2. The average molecular weight is 233 g/mol. The summed E-state index contributed by atoms with van der Waals surface area (Å²) in [5, 5.41) is 6.43. The van der Waals surface area contributed by atoms with E-state index in [4.69, 9.17) is 0 Å². The number of halogens is 1. The Balaban J connectivity index is 0.00000112. The highest BCUT2D eigenvalue weighted by atomic mass is 35.5. The van der Waals surface area contributed by atoms with Crippen LogP contribution in [0.15, 0.2) is 0 Å². The van der Waals surface area contributed by atoms with Gasteiger partial charge in [-0.2, -0.15) is 0 Å². The zero-order chi connectivity index (χ0) is 9.80. The molecular formula is C11H21ClN2O. The lowest BCUT2D eigenvalue weighted by Gasteiger charge is -2.13. The van der Waals surface area contributed by atoms with Gasteiger partial charge in [0.1, 0.15) is 0 Å². The van der Waals surface area contributed by atoms with Crippen LogP contribution in [0.1, 0.15) is 38.5 Å². The molecule has 2 fully saturated rings. The molecule has 1 saturated heterocycles. The van der Waals surface area contributed by atoms with Gasteiger partial charge in [-0.3, -0.25) is 4.79 Å². The fourth-order valence-corrected chi connectivity index (χ4v) is 2.51. The third-order valence-corrected chi connectivity index (χ3v) is 3.36. The molecule has 0 bridgehead atoms. The van der Waals surface area contributed by atoms with Crippen LogP contribution in [-0.4, -0.2) is 25.0 Å². The first kappa shape index (κ1) is 12.8. The van der Waals surface area contributed by atoms with E-state index in [0.717, 1.165) is 25.9 Å². The molecule has 2 aliphatic rings. The molecule has 1 atom stereocenters. The lowest BCUT2D eigenvalue weighted by molar-refractivity contribution is -0.122. The summed E-state index contributed by atoms with van der Waals surface area (Å²) in [6.07, 6.45) is 6.84. The Kier molecular flexibility index (Phi) is 5.40. The van der Waals surface area contributed by atoms with Crippen LogP contribution in [0.3, 0.4) is 0 Å². The van der Waals surface area contributed by atoms with Gasteiger partial charge in [0.15, 0.2) is 0 Å². The maximum atomic E-state index is 11.6. The molecule has 3 nitrogen and oxygen atoms in total. The topological polar surface area (TPSA) is 41.1 Å². The molecule has 15 heavy (non-hydrogen) atoms. The van der Waals surface area contributed by atoms with Crippen molar-refractivity contribution in [3.63, 3.8) is 0 Å². The SMILES string of the molecule is Cl.O=C(C[C@@H]1CCNC1)NC1CCCC1. The Labute approximate surface area is 97.8 Å². The van der Waals surface area contributed by atoms with Gasteiger partial charge in [0, 0.05) is 12.5 Å². The quantitative estimate of drug-likeness (QED) is 0.774. The first-order valence-electron chi connectivity index (χ1n) is 5.84. The fraction of sp³-hybridized carbons (Fsp3) is 0.909. The first-order chi connectivity index (χ1) is 6.84. The predicted octanol–water partition coefficient (Wildman–Crippen LogP) is 1.47. The van der Waals surface area contributed by atoms with Gasteiger partial charge in [-0.05, 0) is 38.3 Å². The van der Waals surface area contributed by atoms with Crippen LogP contribution < -0.4 is 10.6 Å². The summed E-state index contributed by atoms with van der Waals surface area (Å²) >= 11 is 0. The van der Waals surface area contributed by atoms with Gasteiger partial charge in [0.25, 0.3) is 0 Å². The van der Waals surface area contributed by atoms with Gasteiger partial charge >= 0.3 is 0 Å². The number of carbonyl (C=O) groups is 1. The molecule has 2 rings (SSSR count). The van der Waals surface area contributed by atoms with Gasteiger partial charge in [-0.25, -0.2) is 0 Å². The van der Waals surface area contributed by atoms with Crippen LogP contribution in [0.25, 0.3) is 0 Å². The molecule has 0 aromatic carbocycles. The molecule has 1 aliphatic heterocycles. The number of hydrogen-bond donors (Lipinski definition) is 2. The molecule has 4 heteroatoms. The minimum atomic E-state index is 0. The van der Waals surface area contributed by atoms with E-state index >= 15 is 0 Å².